The van der Waals surface area contributed by atoms with Gasteiger partial charge in [0.2, 0.25) is 5.88 Å². The molecule has 1 heterocycles. The van der Waals surface area contributed by atoms with Crippen LogP contribution >= 0.6 is 24.0 Å². The van der Waals surface area contributed by atoms with Gasteiger partial charge in [-0.05, 0) is 25.5 Å². The largest absolute Gasteiger partial charge is 0.468 e. The molecule has 22 heavy (non-hydrogen) atoms. The molecule has 1 aromatic heterocycles. The first-order valence-corrected chi connectivity index (χ1v) is 6.55. The zero-order valence-corrected chi connectivity index (χ0v) is 14.8. The first-order valence-electron chi connectivity index (χ1n) is 6.55. The molecular weight excluding hydrogens is 412 g/mol. The quantitative estimate of drug-likeness (QED) is 0.427. The summed E-state index contributed by atoms with van der Waals surface area (Å²) in [7, 11) is 0. The number of ether oxygens (including phenoxy) is 1. The maximum absolute atomic E-state index is 12.1. The van der Waals surface area contributed by atoms with E-state index in [9.17, 15) is 13.2 Å². The Morgan fingerprint density at radius 1 is 1.36 bits per heavy atom. The maximum Gasteiger partial charge on any atom is 0.422 e. The summed E-state index contributed by atoms with van der Waals surface area (Å²) in [6.45, 7) is 4.29. The topological polar surface area (TPSA) is 63.7 Å². The van der Waals surface area contributed by atoms with Crippen LogP contribution in [0.4, 0.5) is 13.2 Å². The second-order valence-electron chi connectivity index (χ2n) is 4.25. The fraction of sp³-hybridized carbons (Fsp3) is 0.538. The van der Waals surface area contributed by atoms with Crippen molar-refractivity contribution >= 4 is 29.9 Å². The van der Waals surface area contributed by atoms with Gasteiger partial charge in [0.05, 0.1) is 6.54 Å². The Morgan fingerprint density at radius 2 is 2.00 bits per heavy atom. The van der Waals surface area contributed by atoms with Crippen LogP contribution < -0.4 is 10.5 Å². The molecule has 2 N–H and O–H groups in total. The number of aliphatic imine (C=N–C) groups is 1. The number of rotatable bonds is 6. The predicted molar refractivity (Wildman–Crippen MR) is 89.4 cm³/mol. The average Bonchev–Trinajstić information content (AvgIpc) is 2.44. The molecule has 0 saturated carbocycles. The van der Waals surface area contributed by atoms with Crippen LogP contribution in [0.15, 0.2) is 23.3 Å². The number of guanidine groups is 1. The number of nitrogens with zero attached hydrogens (tertiary/aromatic N) is 3. The Morgan fingerprint density at radius 3 is 2.55 bits per heavy atom. The van der Waals surface area contributed by atoms with Gasteiger partial charge in [-0.15, -0.1) is 24.0 Å². The van der Waals surface area contributed by atoms with Crippen molar-refractivity contribution < 1.29 is 17.9 Å². The molecule has 0 spiro atoms. The molecule has 0 saturated heterocycles. The highest BCUT2D eigenvalue weighted by atomic mass is 127. The van der Waals surface area contributed by atoms with E-state index in [1.807, 2.05) is 18.7 Å². The SMILES string of the molecule is CCN(CC)C(N)=NCc1ccnc(OCC(F)(F)F)c1.I. The average molecular weight is 432 g/mol. The van der Waals surface area contributed by atoms with Gasteiger partial charge in [0.1, 0.15) is 0 Å². The Kier molecular flexibility index (Phi) is 9.14. The van der Waals surface area contributed by atoms with E-state index in [0.717, 1.165) is 13.1 Å². The molecule has 0 aliphatic rings. The van der Waals surface area contributed by atoms with E-state index in [1.165, 1.54) is 12.3 Å². The van der Waals surface area contributed by atoms with Gasteiger partial charge in [-0.1, -0.05) is 0 Å². The second-order valence-corrected chi connectivity index (χ2v) is 4.25. The molecule has 0 atom stereocenters. The Labute approximate surface area is 144 Å². The third kappa shape index (κ3) is 7.66. The monoisotopic (exact) mass is 432 g/mol. The zero-order chi connectivity index (χ0) is 15.9. The normalized spacial score (nSPS) is 11.8. The number of nitrogens with two attached hydrogens (primary N) is 1. The van der Waals surface area contributed by atoms with Gasteiger partial charge in [0.15, 0.2) is 12.6 Å². The fourth-order valence-corrected chi connectivity index (χ4v) is 1.60. The minimum atomic E-state index is -4.39. The summed E-state index contributed by atoms with van der Waals surface area (Å²) in [6, 6.07) is 3.07. The molecule has 0 amide bonds. The van der Waals surface area contributed by atoms with E-state index in [2.05, 4.69) is 14.7 Å². The van der Waals surface area contributed by atoms with Gasteiger partial charge in [-0.2, -0.15) is 13.2 Å². The Hall–Kier alpha value is -1.26. The van der Waals surface area contributed by atoms with Crippen LogP contribution in [0.2, 0.25) is 0 Å². The van der Waals surface area contributed by atoms with E-state index in [0.29, 0.717) is 11.5 Å². The van der Waals surface area contributed by atoms with Gasteiger partial charge in [0, 0.05) is 25.4 Å². The molecule has 1 aromatic rings. The fourth-order valence-electron chi connectivity index (χ4n) is 1.60. The van der Waals surface area contributed by atoms with Crippen LogP contribution in [-0.4, -0.2) is 41.7 Å². The lowest BCUT2D eigenvalue weighted by atomic mass is 10.3. The summed E-state index contributed by atoms with van der Waals surface area (Å²) in [5.74, 6) is 0.316. The highest BCUT2D eigenvalue weighted by Crippen LogP contribution is 2.17. The van der Waals surface area contributed by atoms with E-state index >= 15 is 0 Å². The van der Waals surface area contributed by atoms with Gasteiger partial charge >= 0.3 is 6.18 Å². The van der Waals surface area contributed by atoms with Crippen molar-refractivity contribution in [3.8, 4) is 5.88 Å². The van der Waals surface area contributed by atoms with Crippen molar-refractivity contribution in [1.82, 2.24) is 9.88 Å². The minimum absolute atomic E-state index is 0. The van der Waals surface area contributed by atoms with Crippen molar-refractivity contribution in [3.63, 3.8) is 0 Å². The van der Waals surface area contributed by atoms with Gasteiger partial charge in [-0.25, -0.2) is 9.98 Å². The van der Waals surface area contributed by atoms with E-state index < -0.39 is 12.8 Å². The van der Waals surface area contributed by atoms with E-state index in [1.54, 1.807) is 6.07 Å². The van der Waals surface area contributed by atoms with Crippen LogP contribution in [0.3, 0.4) is 0 Å². The van der Waals surface area contributed by atoms with Crippen molar-refractivity contribution in [2.75, 3.05) is 19.7 Å². The molecule has 0 bridgehead atoms. The first-order chi connectivity index (χ1) is 9.85. The second kappa shape index (κ2) is 9.70. The predicted octanol–water partition coefficient (Wildman–Crippen LogP) is 2.80. The number of aromatic nitrogens is 1. The van der Waals surface area contributed by atoms with Crippen molar-refractivity contribution in [1.29, 1.82) is 0 Å². The molecule has 0 aromatic carbocycles. The standard InChI is InChI=1S/C13H19F3N4O.HI/c1-3-20(4-2)12(17)19-8-10-5-6-18-11(7-10)21-9-13(14,15)16;/h5-7H,3-4,8-9H2,1-2H3,(H2,17,19);1H. The molecule has 1 rings (SSSR count). The van der Waals surface area contributed by atoms with Gasteiger partial charge < -0.3 is 15.4 Å². The lowest BCUT2D eigenvalue weighted by molar-refractivity contribution is -0.154. The highest BCUT2D eigenvalue weighted by Gasteiger charge is 2.28. The summed E-state index contributed by atoms with van der Waals surface area (Å²) < 4.78 is 40.8. The molecule has 9 heteroatoms. The first kappa shape index (κ1) is 20.7. The van der Waals surface area contributed by atoms with Crippen LogP contribution in [-0.2, 0) is 6.54 Å². The number of hydrogen-bond donors (Lipinski definition) is 1. The molecule has 126 valence electrons. The van der Waals surface area contributed by atoms with Gasteiger partial charge in [0.25, 0.3) is 0 Å². The molecule has 5 nitrogen and oxygen atoms in total. The van der Waals surface area contributed by atoms with Crippen molar-refractivity contribution in [2.45, 2.75) is 26.6 Å². The Balaban J connectivity index is 0.00000441. The lowest BCUT2D eigenvalue weighted by Gasteiger charge is -2.19. The third-order valence-corrected chi connectivity index (χ3v) is 2.69. The van der Waals surface area contributed by atoms with Crippen LogP contribution in [0.5, 0.6) is 5.88 Å². The molecule has 0 radical (unpaired) electrons. The van der Waals surface area contributed by atoms with Crippen LogP contribution in [0, 0.1) is 0 Å². The van der Waals surface area contributed by atoms with Gasteiger partial charge in [-0.3, -0.25) is 0 Å². The zero-order valence-electron chi connectivity index (χ0n) is 12.4. The summed E-state index contributed by atoms with van der Waals surface area (Å²) in [4.78, 5) is 9.80. The molecule has 0 aliphatic heterocycles. The highest BCUT2D eigenvalue weighted by molar-refractivity contribution is 14.0. The maximum atomic E-state index is 12.1. The van der Waals surface area contributed by atoms with Crippen molar-refractivity contribution in [2.24, 2.45) is 10.7 Å². The van der Waals surface area contributed by atoms with Crippen LogP contribution in [0.1, 0.15) is 19.4 Å². The summed E-state index contributed by atoms with van der Waals surface area (Å²) in [6.07, 6.45) is -3.01. The molecule has 0 aliphatic carbocycles. The summed E-state index contributed by atoms with van der Waals surface area (Å²) in [5.41, 5.74) is 6.50. The number of halogens is 4. The number of pyridine rings is 1. The van der Waals surface area contributed by atoms with E-state index in [-0.39, 0.29) is 36.4 Å². The Bertz CT molecular complexity index is 479. The number of hydrogen-bond acceptors (Lipinski definition) is 3. The summed E-state index contributed by atoms with van der Waals surface area (Å²) >= 11 is 0. The van der Waals surface area contributed by atoms with E-state index in [4.69, 9.17) is 5.73 Å². The molecule has 0 fully saturated rings. The molecular formula is C13H20F3IN4O. The minimum Gasteiger partial charge on any atom is -0.468 e. The smallest absolute Gasteiger partial charge is 0.422 e. The molecule has 0 unspecified atom stereocenters. The van der Waals surface area contributed by atoms with Crippen LogP contribution in [0.25, 0.3) is 0 Å². The lowest BCUT2D eigenvalue weighted by Crippen LogP contribution is -2.37. The summed E-state index contributed by atoms with van der Waals surface area (Å²) in [5, 5.41) is 0. The number of alkyl halides is 3. The third-order valence-electron chi connectivity index (χ3n) is 2.69. The van der Waals surface area contributed by atoms with Crippen molar-refractivity contribution in [3.05, 3.63) is 23.9 Å².